The van der Waals surface area contributed by atoms with Crippen LogP contribution in [-0.2, 0) is 6.54 Å². The summed E-state index contributed by atoms with van der Waals surface area (Å²) in [5, 5.41) is 3.33. The molecule has 0 spiro atoms. The maximum absolute atomic E-state index is 5.88. The first-order valence-electron chi connectivity index (χ1n) is 5.78. The fourth-order valence-corrected chi connectivity index (χ4v) is 1.72. The Labute approximate surface area is 107 Å². The summed E-state index contributed by atoms with van der Waals surface area (Å²) in [5.74, 6) is 0.601. The van der Waals surface area contributed by atoms with Crippen molar-refractivity contribution in [1.29, 1.82) is 0 Å². The van der Waals surface area contributed by atoms with Crippen molar-refractivity contribution in [1.82, 2.24) is 4.98 Å². The SMILES string of the molecule is COc1cc(NCc2cccc(N)c2C)ccn1. The van der Waals surface area contributed by atoms with Crippen LogP contribution in [0.25, 0.3) is 0 Å². The lowest BCUT2D eigenvalue weighted by Gasteiger charge is -2.11. The number of aromatic nitrogens is 1. The highest BCUT2D eigenvalue weighted by molar-refractivity contribution is 5.52. The minimum atomic E-state index is 0.601. The number of anilines is 2. The van der Waals surface area contributed by atoms with Crippen molar-refractivity contribution in [3.63, 3.8) is 0 Å². The largest absolute Gasteiger partial charge is 0.481 e. The Balaban J connectivity index is 2.09. The topological polar surface area (TPSA) is 60.2 Å². The number of nitrogens with zero attached hydrogens (tertiary/aromatic N) is 1. The van der Waals surface area contributed by atoms with Gasteiger partial charge in [-0.3, -0.25) is 0 Å². The Morgan fingerprint density at radius 2 is 2.17 bits per heavy atom. The second kappa shape index (κ2) is 5.40. The van der Waals surface area contributed by atoms with E-state index in [0.29, 0.717) is 5.88 Å². The van der Waals surface area contributed by atoms with Crippen molar-refractivity contribution in [2.75, 3.05) is 18.2 Å². The molecule has 0 amide bonds. The van der Waals surface area contributed by atoms with E-state index in [2.05, 4.69) is 16.4 Å². The fraction of sp³-hybridized carbons (Fsp3) is 0.214. The van der Waals surface area contributed by atoms with Gasteiger partial charge in [-0.1, -0.05) is 12.1 Å². The molecule has 94 valence electrons. The normalized spacial score (nSPS) is 10.1. The summed E-state index contributed by atoms with van der Waals surface area (Å²) in [6, 6.07) is 9.71. The van der Waals surface area contributed by atoms with Gasteiger partial charge in [0.1, 0.15) is 0 Å². The van der Waals surface area contributed by atoms with Crippen molar-refractivity contribution >= 4 is 11.4 Å². The second-order valence-electron chi connectivity index (χ2n) is 4.07. The third-order valence-electron chi connectivity index (χ3n) is 2.91. The zero-order valence-electron chi connectivity index (χ0n) is 10.6. The third-order valence-corrected chi connectivity index (χ3v) is 2.91. The minimum absolute atomic E-state index is 0.601. The summed E-state index contributed by atoms with van der Waals surface area (Å²) in [4.78, 5) is 4.06. The van der Waals surface area contributed by atoms with Gasteiger partial charge in [-0.15, -0.1) is 0 Å². The molecule has 0 aliphatic carbocycles. The molecule has 0 saturated heterocycles. The zero-order chi connectivity index (χ0) is 13.0. The molecule has 1 aromatic heterocycles. The molecule has 0 radical (unpaired) electrons. The molecule has 0 fully saturated rings. The number of hydrogen-bond acceptors (Lipinski definition) is 4. The van der Waals surface area contributed by atoms with Crippen molar-refractivity contribution in [2.45, 2.75) is 13.5 Å². The highest BCUT2D eigenvalue weighted by Crippen LogP contribution is 2.18. The molecule has 0 unspecified atom stereocenters. The van der Waals surface area contributed by atoms with Gasteiger partial charge in [-0.2, -0.15) is 0 Å². The standard InChI is InChI=1S/C14H17N3O/c1-10-11(4-3-5-13(10)15)9-17-12-6-7-16-14(8-12)18-2/h3-8H,9,15H2,1-2H3,(H,16,17). The van der Waals surface area contributed by atoms with Gasteiger partial charge in [-0.05, 0) is 30.2 Å². The van der Waals surface area contributed by atoms with E-state index in [9.17, 15) is 0 Å². The molecule has 3 N–H and O–H groups in total. The van der Waals surface area contributed by atoms with Crippen molar-refractivity contribution in [3.05, 3.63) is 47.7 Å². The predicted octanol–water partition coefficient (Wildman–Crippen LogP) is 2.59. The summed E-state index contributed by atoms with van der Waals surface area (Å²) in [6.07, 6.45) is 1.72. The van der Waals surface area contributed by atoms with Gasteiger partial charge in [0.05, 0.1) is 7.11 Å². The van der Waals surface area contributed by atoms with Gasteiger partial charge in [-0.25, -0.2) is 4.98 Å². The molecule has 4 nitrogen and oxygen atoms in total. The predicted molar refractivity (Wildman–Crippen MR) is 73.7 cm³/mol. The van der Waals surface area contributed by atoms with E-state index in [-0.39, 0.29) is 0 Å². The molecular formula is C14H17N3O. The molecule has 2 aromatic rings. The first-order valence-corrected chi connectivity index (χ1v) is 5.78. The monoisotopic (exact) mass is 243 g/mol. The van der Waals surface area contributed by atoms with Crippen LogP contribution in [0.15, 0.2) is 36.5 Å². The number of methoxy groups -OCH3 is 1. The molecule has 1 heterocycles. The van der Waals surface area contributed by atoms with Gasteiger partial charge in [0.15, 0.2) is 0 Å². The summed E-state index contributed by atoms with van der Waals surface area (Å²) in [6.45, 7) is 2.75. The van der Waals surface area contributed by atoms with Crippen LogP contribution in [0, 0.1) is 6.92 Å². The van der Waals surface area contributed by atoms with E-state index in [0.717, 1.165) is 23.5 Å². The molecule has 18 heavy (non-hydrogen) atoms. The molecule has 2 rings (SSSR count). The van der Waals surface area contributed by atoms with Crippen LogP contribution in [0.2, 0.25) is 0 Å². The van der Waals surface area contributed by atoms with E-state index < -0.39 is 0 Å². The average molecular weight is 243 g/mol. The molecular weight excluding hydrogens is 226 g/mol. The number of ether oxygens (including phenoxy) is 1. The number of pyridine rings is 1. The van der Waals surface area contributed by atoms with Gasteiger partial charge in [0.25, 0.3) is 0 Å². The molecule has 1 aromatic carbocycles. The Bertz CT molecular complexity index is 540. The van der Waals surface area contributed by atoms with E-state index in [1.165, 1.54) is 5.56 Å². The van der Waals surface area contributed by atoms with Crippen LogP contribution >= 0.6 is 0 Å². The van der Waals surface area contributed by atoms with Crippen LogP contribution in [0.5, 0.6) is 5.88 Å². The Kier molecular flexibility index (Phi) is 3.67. The lowest BCUT2D eigenvalue weighted by molar-refractivity contribution is 0.398. The fourth-order valence-electron chi connectivity index (χ4n) is 1.72. The maximum atomic E-state index is 5.88. The van der Waals surface area contributed by atoms with Gasteiger partial charge in [0.2, 0.25) is 5.88 Å². The third kappa shape index (κ3) is 2.71. The van der Waals surface area contributed by atoms with Crippen molar-refractivity contribution in [2.24, 2.45) is 0 Å². The molecule has 0 aliphatic heterocycles. The molecule has 0 saturated carbocycles. The van der Waals surface area contributed by atoms with E-state index in [4.69, 9.17) is 10.5 Å². The average Bonchev–Trinajstić information content (AvgIpc) is 2.41. The van der Waals surface area contributed by atoms with Crippen LogP contribution in [-0.4, -0.2) is 12.1 Å². The van der Waals surface area contributed by atoms with Crippen LogP contribution < -0.4 is 15.8 Å². The lowest BCUT2D eigenvalue weighted by atomic mass is 10.1. The first-order chi connectivity index (χ1) is 8.70. The molecule has 0 atom stereocenters. The van der Waals surface area contributed by atoms with Gasteiger partial charge < -0.3 is 15.8 Å². The van der Waals surface area contributed by atoms with Gasteiger partial charge in [0, 0.05) is 30.2 Å². The summed E-state index contributed by atoms with van der Waals surface area (Å²) >= 11 is 0. The molecule has 0 bridgehead atoms. The summed E-state index contributed by atoms with van der Waals surface area (Å²) in [7, 11) is 1.61. The lowest BCUT2D eigenvalue weighted by Crippen LogP contribution is -2.03. The number of benzene rings is 1. The van der Waals surface area contributed by atoms with Crippen LogP contribution in [0.4, 0.5) is 11.4 Å². The van der Waals surface area contributed by atoms with Crippen molar-refractivity contribution in [3.8, 4) is 5.88 Å². The zero-order valence-corrected chi connectivity index (χ0v) is 10.6. The minimum Gasteiger partial charge on any atom is -0.481 e. The second-order valence-corrected chi connectivity index (χ2v) is 4.07. The van der Waals surface area contributed by atoms with Crippen LogP contribution in [0.3, 0.4) is 0 Å². The number of nitrogens with two attached hydrogens (primary N) is 1. The number of hydrogen-bond donors (Lipinski definition) is 2. The summed E-state index contributed by atoms with van der Waals surface area (Å²) in [5.41, 5.74) is 9.98. The van der Waals surface area contributed by atoms with E-state index in [1.54, 1.807) is 13.3 Å². The molecule has 4 heteroatoms. The number of nitrogens with one attached hydrogen (secondary N) is 1. The summed E-state index contributed by atoms with van der Waals surface area (Å²) < 4.78 is 5.08. The van der Waals surface area contributed by atoms with Crippen LogP contribution in [0.1, 0.15) is 11.1 Å². The highest BCUT2D eigenvalue weighted by Gasteiger charge is 2.02. The van der Waals surface area contributed by atoms with Gasteiger partial charge >= 0.3 is 0 Å². The van der Waals surface area contributed by atoms with E-state index >= 15 is 0 Å². The highest BCUT2D eigenvalue weighted by atomic mass is 16.5. The first kappa shape index (κ1) is 12.2. The Morgan fingerprint density at radius 3 is 2.94 bits per heavy atom. The van der Waals surface area contributed by atoms with Crippen molar-refractivity contribution < 1.29 is 4.74 Å². The van der Waals surface area contributed by atoms with E-state index in [1.807, 2.05) is 31.2 Å². The number of nitrogen functional groups attached to an aromatic ring is 1. The quantitative estimate of drug-likeness (QED) is 0.810. The Hall–Kier alpha value is -2.23. The number of rotatable bonds is 4. The maximum Gasteiger partial charge on any atom is 0.214 e. The Morgan fingerprint density at radius 1 is 1.33 bits per heavy atom. The molecule has 0 aliphatic rings. The smallest absolute Gasteiger partial charge is 0.214 e.